The summed E-state index contributed by atoms with van der Waals surface area (Å²) in [5, 5.41) is 10.9. The van der Waals surface area contributed by atoms with Crippen LogP contribution in [-0.4, -0.2) is 48.1 Å². The van der Waals surface area contributed by atoms with Gasteiger partial charge in [0.1, 0.15) is 5.75 Å². The number of benzene rings is 1. The largest absolute Gasteiger partial charge is 0.507 e. The molecule has 3 heteroatoms. The number of hydrogen-bond donors (Lipinski definition) is 1. The zero-order valence-electron chi connectivity index (χ0n) is 16.0. The van der Waals surface area contributed by atoms with E-state index in [2.05, 4.69) is 70.5 Å². The molecule has 1 saturated heterocycles. The van der Waals surface area contributed by atoms with Gasteiger partial charge in [0, 0.05) is 38.3 Å². The van der Waals surface area contributed by atoms with Gasteiger partial charge in [-0.25, -0.2) is 0 Å². The maximum atomic E-state index is 10.9. The minimum Gasteiger partial charge on any atom is -0.507 e. The Labute approximate surface area is 142 Å². The van der Waals surface area contributed by atoms with E-state index >= 15 is 0 Å². The summed E-state index contributed by atoms with van der Waals surface area (Å²) >= 11 is 0. The Balaban J connectivity index is 2.37. The number of piperazine rings is 1. The highest BCUT2D eigenvalue weighted by Gasteiger charge is 2.26. The lowest BCUT2D eigenvalue weighted by Crippen LogP contribution is -2.43. The Morgan fingerprint density at radius 2 is 1.48 bits per heavy atom. The van der Waals surface area contributed by atoms with Crippen LogP contribution in [0.15, 0.2) is 12.1 Å². The van der Waals surface area contributed by atoms with Crippen molar-refractivity contribution in [2.45, 2.75) is 58.9 Å². The zero-order valence-corrected chi connectivity index (χ0v) is 16.0. The number of phenolic OH excluding ortho intramolecular Hbond substituents is 1. The van der Waals surface area contributed by atoms with Crippen LogP contribution in [0.4, 0.5) is 0 Å². The second-order valence-corrected chi connectivity index (χ2v) is 9.11. The Kier molecular flexibility index (Phi) is 5.12. The fourth-order valence-corrected chi connectivity index (χ4v) is 3.07. The van der Waals surface area contributed by atoms with Crippen molar-refractivity contribution in [2.24, 2.45) is 0 Å². The highest BCUT2D eigenvalue weighted by Crippen LogP contribution is 2.38. The molecule has 1 aromatic rings. The molecular weight excluding hydrogens is 284 g/mol. The van der Waals surface area contributed by atoms with Gasteiger partial charge in [-0.1, -0.05) is 53.7 Å². The molecule has 130 valence electrons. The van der Waals surface area contributed by atoms with Crippen LogP contribution in [0.5, 0.6) is 5.75 Å². The Morgan fingerprint density at radius 3 is 1.96 bits per heavy atom. The first-order valence-corrected chi connectivity index (χ1v) is 8.76. The van der Waals surface area contributed by atoms with Crippen molar-refractivity contribution in [3.05, 3.63) is 28.8 Å². The third kappa shape index (κ3) is 4.48. The molecule has 1 aliphatic heterocycles. The average Bonchev–Trinajstić information content (AvgIpc) is 2.41. The minimum absolute atomic E-state index is 0.0534. The lowest BCUT2D eigenvalue weighted by Gasteiger charge is -2.34. The van der Waals surface area contributed by atoms with Crippen molar-refractivity contribution >= 4 is 0 Å². The first-order valence-electron chi connectivity index (χ1n) is 8.76. The molecule has 0 spiro atoms. The quantitative estimate of drug-likeness (QED) is 0.900. The van der Waals surface area contributed by atoms with Crippen LogP contribution in [0.2, 0.25) is 0 Å². The number of nitrogens with zero attached hydrogens (tertiary/aromatic N) is 2. The van der Waals surface area contributed by atoms with Crippen LogP contribution in [0.3, 0.4) is 0 Å². The predicted molar refractivity (Wildman–Crippen MR) is 98.3 cm³/mol. The summed E-state index contributed by atoms with van der Waals surface area (Å²) in [6, 6.07) is 4.41. The first kappa shape index (κ1) is 18.3. The van der Waals surface area contributed by atoms with Gasteiger partial charge in [0.2, 0.25) is 0 Å². The highest BCUT2D eigenvalue weighted by atomic mass is 16.3. The van der Waals surface area contributed by atoms with Crippen molar-refractivity contribution in [1.29, 1.82) is 0 Å². The average molecular weight is 319 g/mol. The fraction of sp³-hybridized carbons (Fsp3) is 0.700. The molecule has 0 bridgehead atoms. The smallest absolute Gasteiger partial charge is 0.123 e. The molecule has 0 unspecified atom stereocenters. The van der Waals surface area contributed by atoms with Gasteiger partial charge < -0.3 is 10.0 Å². The third-order valence-corrected chi connectivity index (χ3v) is 4.85. The van der Waals surface area contributed by atoms with Gasteiger partial charge in [-0.05, 0) is 29.0 Å². The van der Waals surface area contributed by atoms with Crippen molar-refractivity contribution in [2.75, 3.05) is 33.2 Å². The van der Waals surface area contributed by atoms with Crippen molar-refractivity contribution in [3.8, 4) is 5.75 Å². The molecule has 1 fully saturated rings. The van der Waals surface area contributed by atoms with Crippen LogP contribution < -0.4 is 0 Å². The van der Waals surface area contributed by atoms with Gasteiger partial charge in [0.05, 0.1) is 0 Å². The predicted octanol–water partition coefficient (Wildman–Crippen LogP) is 3.73. The molecular formula is C20H34N2O. The molecule has 1 aliphatic rings. The molecule has 0 radical (unpaired) electrons. The van der Waals surface area contributed by atoms with E-state index in [1.165, 1.54) is 5.56 Å². The molecule has 1 aromatic carbocycles. The summed E-state index contributed by atoms with van der Waals surface area (Å²) in [5.41, 5.74) is 3.48. The normalized spacial score (nSPS) is 18.4. The molecule has 1 heterocycles. The Hall–Kier alpha value is -1.06. The van der Waals surface area contributed by atoms with E-state index < -0.39 is 0 Å². The van der Waals surface area contributed by atoms with E-state index in [-0.39, 0.29) is 10.8 Å². The van der Waals surface area contributed by atoms with Gasteiger partial charge in [-0.3, -0.25) is 4.90 Å². The number of likely N-dealkylation sites (N-methyl/N-ethyl adjacent to an activating group) is 1. The Bertz CT molecular complexity index is 544. The molecule has 0 aromatic heterocycles. The summed E-state index contributed by atoms with van der Waals surface area (Å²) in [4.78, 5) is 4.82. The van der Waals surface area contributed by atoms with Crippen LogP contribution in [0, 0.1) is 0 Å². The molecule has 1 N–H and O–H groups in total. The SMILES string of the molecule is CN1CCN(Cc2cc(C(C)(C)C)cc(C(C)(C)C)c2O)CC1. The van der Waals surface area contributed by atoms with Crippen LogP contribution in [-0.2, 0) is 17.4 Å². The molecule has 0 aliphatic carbocycles. The molecule has 23 heavy (non-hydrogen) atoms. The highest BCUT2D eigenvalue weighted by molar-refractivity contribution is 5.48. The van der Waals surface area contributed by atoms with E-state index in [0.29, 0.717) is 5.75 Å². The first-order chi connectivity index (χ1) is 10.5. The maximum Gasteiger partial charge on any atom is 0.123 e. The summed E-state index contributed by atoms with van der Waals surface area (Å²) in [7, 11) is 2.17. The standard InChI is InChI=1S/C20H34N2O/c1-19(2,3)16-12-15(14-22-10-8-21(7)9-11-22)18(23)17(13-16)20(4,5)6/h12-13,23H,8-11,14H2,1-7H3. The lowest BCUT2D eigenvalue weighted by atomic mass is 9.79. The van der Waals surface area contributed by atoms with Crippen molar-refractivity contribution in [3.63, 3.8) is 0 Å². The molecule has 2 rings (SSSR count). The number of hydrogen-bond acceptors (Lipinski definition) is 3. The monoisotopic (exact) mass is 318 g/mol. The molecule has 0 atom stereocenters. The Morgan fingerprint density at radius 1 is 0.913 bits per heavy atom. The second kappa shape index (κ2) is 6.45. The molecule has 0 amide bonds. The second-order valence-electron chi connectivity index (χ2n) is 9.11. The fourth-order valence-electron chi connectivity index (χ4n) is 3.07. The summed E-state index contributed by atoms with van der Waals surface area (Å²) < 4.78 is 0. The third-order valence-electron chi connectivity index (χ3n) is 4.85. The molecule has 3 nitrogen and oxygen atoms in total. The maximum absolute atomic E-state index is 10.9. The van der Waals surface area contributed by atoms with Crippen molar-refractivity contribution in [1.82, 2.24) is 9.80 Å². The van der Waals surface area contributed by atoms with E-state index in [0.717, 1.165) is 43.9 Å². The minimum atomic E-state index is -0.0534. The van der Waals surface area contributed by atoms with Crippen LogP contribution >= 0.6 is 0 Å². The van der Waals surface area contributed by atoms with Crippen molar-refractivity contribution < 1.29 is 5.11 Å². The van der Waals surface area contributed by atoms with Gasteiger partial charge in [0.25, 0.3) is 0 Å². The molecule has 0 saturated carbocycles. The van der Waals surface area contributed by atoms with Gasteiger partial charge in [-0.2, -0.15) is 0 Å². The van der Waals surface area contributed by atoms with Gasteiger partial charge in [0.15, 0.2) is 0 Å². The summed E-state index contributed by atoms with van der Waals surface area (Å²) in [6.07, 6.45) is 0. The van der Waals surface area contributed by atoms with E-state index in [1.54, 1.807) is 0 Å². The number of rotatable bonds is 2. The summed E-state index contributed by atoms with van der Waals surface area (Å²) in [6.45, 7) is 18.4. The van der Waals surface area contributed by atoms with Crippen LogP contribution in [0.1, 0.15) is 58.2 Å². The van der Waals surface area contributed by atoms with Gasteiger partial charge in [-0.15, -0.1) is 0 Å². The van der Waals surface area contributed by atoms with E-state index in [9.17, 15) is 5.11 Å². The van der Waals surface area contributed by atoms with E-state index in [4.69, 9.17) is 0 Å². The number of phenols is 1. The zero-order chi connectivity index (χ0) is 17.4. The summed E-state index contributed by atoms with van der Waals surface area (Å²) in [5.74, 6) is 0.490. The number of aromatic hydroxyl groups is 1. The topological polar surface area (TPSA) is 26.7 Å². The lowest BCUT2D eigenvalue weighted by molar-refractivity contribution is 0.147. The van der Waals surface area contributed by atoms with Crippen LogP contribution in [0.25, 0.3) is 0 Å². The van der Waals surface area contributed by atoms with E-state index in [1.807, 2.05) is 0 Å². The van der Waals surface area contributed by atoms with Gasteiger partial charge >= 0.3 is 0 Å².